The molecule has 5 nitrogen and oxygen atoms in total. The first-order chi connectivity index (χ1) is 7.09. The van der Waals surface area contributed by atoms with Gasteiger partial charge in [-0.15, -0.1) is 0 Å². The van der Waals surface area contributed by atoms with E-state index in [-0.39, 0.29) is 13.0 Å². The van der Waals surface area contributed by atoms with Crippen LogP contribution in [0.4, 0.5) is 5.69 Å². The lowest BCUT2D eigenvalue weighted by molar-refractivity contribution is -0.0562. The number of nitrogen functional groups attached to an aromatic ring is 1. The summed E-state index contributed by atoms with van der Waals surface area (Å²) in [7, 11) is 0. The molecule has 1 aromatic rings. The van der Waals surface area contributed by atoms with Crippen LogP contribution in [0.1, 0.15) is 16.8 Å². The smallest absolute Gasteiger partial charge is 0.338 e. The van der Waals surface area contributed by atoms with Crippen molar-refractivity contribution in [1.82, 2.24) is 0 Å². The molecule has 4 N–H and O–H groups in total. The largest absolute Gasteiger partial charge is 0.462 e. The number of hydrogen-bond donors (Lipinski definition) is 3. The molecule has 15 heavy (non-hydrogen) atoms. The standard InChI is InChI=1S/C10H13NO4/c11-8-3-1-7(2-4-8)10(14)15-6-5-9(12)13/h1-4,9,12-13H,5-6,11H2. The van der Waals surface area contributed by atoms with Crippen LogP contribution in [0.3, 0.4) is 0 Å². The third kappa shape index (κ3) is 3.97. The zero-order valence-electron chi connectivity index (χ0n) is 8.09. The number of ether oxygens (including phenoxy) is 1. The molecule has 0 atom stereocenters. The first-order valence-corrected chi connectivity index (χ1v) is 4.48. The predicted molar refractivity (Wildman–Crippen MR) is 54.0 cm³/mol. The molecule has 0 saturated carbocycles. The summed E-state index contributed by atoms with van der Waals surface area (Å²) in [4.78, 5) is 11.3. The number of carbonyl (C=O) groups excluding carboxylic acids is 1. The molecule has 0 aliphatic rings. The van der Waals surface area contributed by atoms with Gasteiger partial charge in [-0.3, -0.25) is 0 Å². The van der Waals surface area contributed by atoms with Gasteiger partial charge in [0.2, 0.25) is 0 Å². The molecular weight excluding hydrogens is 198 g/mol. The predicted octanol–water partition coefficient (Wildman–Crippen LogP) is 0.126. The number of anilines is 1. The number of esters is 1. The molecule has 0 heterocycles. The van der Waals surface area contributed by atoms with Crippen molar-refractivity contribution in [1.29, 1.82) is 0 Å². The van der Waals surface area contributed by atoms with Crippen molar-refractivity contribution in [2.45, 2.75) is 12.7 Å². The van der Waals surface area contributed by atoms with Crippen LogP contribution in [0.25, 0.3) is 0 Å². The van der Waals surface area contributed by atoms with Crippen molar-refractivity contribution < 1.29 is 19.7 Å². The second kappa shape index (κ2) is 5.33. The SMILES string of the molecule is Nc1ccc(C(=O)OCCC(O)O)cc1. The van der Waals surface area contributed by atoms with Gasteiger partial charge >= 0.3 is 5.97 Å². The number of carbonyl (C=O) groups is 1. The molecule has 5 heteroatoms. The molecule has 0 fully saturated rings. The fourth-order valence-corrected chi connectivity index (χ4v) is 0.960. The van der Waals surface area contributed by atoms with Crippen LogP contribution >= 0.6 is 0 Å². The van der Waals surface area contributed by atoms with Crippen molar-refractivity contribution in [2.75, 3.05) is 12.3 Å². The summed E-state index contributed by atoms with van der Waals surface area (Å²) < 4.78 is 4.78. The average Bonchev–Trinajstić information content (AvgIpc) is 2.18. The van der Waals surface area contributed by atoms with Crippen molar-refractivity contribution >= 4 is 11.7 Å². The third-order valence-corrected chi connectivity index (χ3v) is 1.76. The molecule has 0 aliphatic heterocycles. The number of rotatable bonds is 4. The van der Waals surface area contributed by atoms with Crippen molar-refractivity contribution in [3.63, 3.8) is 0 Å². The Morgan fingerprint density at radius 3 is 2.47 bits per heavy atom. The number of hydrogen-bond acceptors (Lipinski definition) is 5. The maximum atomic E-state index is 11.3. The molecule has 82 valence electrons. The van der Waals surface area contributed by atoms with E-state index in [9.17, 15) is 4.79 Å². The second-order valence-electron chi connectivity index (χ2n) is 3.03. The summed E-state index contributed by atoms with van der Waals surface area (Å²) in [6.07, 6.45) is -1.45. The maximum absolute atomic E-state index is 11.3. The summed E-state index contributed by atoms with van der Waals surface area (Å²) in [6, 6.07) is 6.29. The highest BCUT2D eigenvalue weighted by molar-refractivity contribution is 5.89. The lowest BCUT2D eigenvalue weighted by atomic mass is 10.2. The minimum absolute atomic E-state index is 0.000707. The molecule has 1 aromatic carbocycles. The Balaban J connectivity index is 2.43. The van der Waals surface area contributed by atoms with E-state index in [0.29, 0.717) is 11.3 Å². The van der Waals surface area contributed by atoms with Crippen LogP contribution in [0.2, 0.25) is 0 Å². The monoisotopic (exact) mass is 211 g/mol. The minimum atomic E-state index is -1.45. The number of aliphatic hydroxyl groups excluding tert-OH is 1. The van der Waals surface area contributed by atoms with Gasteiger partial charge < -0.3 is 20.7 Å². The van der Waals surface area contributed by atoms with Crippen LogP contribution in [-0.2, 0) is 4.74 Å². The fraction of sp³-hybridized carbons (Fsp3) is 0.300. The summed E-state index contributed by atoms with van der Waals surface area (Å²) in [5.41, 5.74) is 6.40. The molecule has 0 unspecified atom stereocenters. The van der Waals surface area contributed by atoms with E-state index >= 15 is 0 Å². The highest BCUT2D eigenvalue weighted by atomic mass is 16.5. The van der Waals surface area contributed by atoms with E-state index < -0.39 is 12.3 Å². The van der Waals surface area contributed by atoms with Gasteiger partial charge in [0.25, 0.3) is 0 Å². The van der Waals surface area contributed by atoms with E-state index in [1.54, 1.807) is 24.3 Å². The van der Waals surface area contributed by atoms with Crippen molar-refractivity contribution in [2.24, 2.45) is 0 Å². The van der Waals surface area contributed by atoms with E-state index in [0.717, 1.165) is 0 Å². The Morgan fingerprint density at radius 2 is 1.93 bits per heavy atom. The van der Waals surface area contributed by atoms with Crippen LogP contribution < -0.4 is 5.73 Å². The fourth-order valence-electron chi connectivity index (χ4n) is 0.960. The Morgan fingerprint density at radius 1 is 1.33 bits per heavy atom. The highest BCUT2D eigenvalue weighted by Gasteiger charge is 2.07. The average molecular weight is 211 g/mol. The summed E-state index contributed by atoms with van der Waals surface area (Å²) in [5, 5.41) is 17.0. The molecule has 0 aromatic heterocycles. The van der Waals surface area contributed by atoms with Crippen LogP contribution in [0.5, 0.6) is 0 Å². The Bertz CT molecular complexity index is 321. The van der Waals surface area contributed by atoms with E-state index in [1.165, 1.54) is 0 Å². The van der Waals surface area contributed by atoms with Gasteiger partial charge in [-0.05, 0) is 24.3 Å². The highest BCUT2D eigenvalue weighted by Crippen LogP contribution is 2.07. The normalized spacial score (nSPS) is 10.3. The lowest BCUT2D eigenvalue weighted by Gasteiger charge is -2.05. The quantitative estimate of drug-likeness (QED) is 0.374. The maximum Gasteiger partial charge on any atom is 0.338 e. The molecule has 0 bridgehead atoms. The second-order valence-corrected chi connectivity index (χ2v) is 3.03. The van der Waals surface area contributed by atoms with Gasteiger partial charge in [0.1, 0.15) is 0 Å². The Kier molecular flexibility index (Phi) is 4.08. The number of benzene rings is 1. The van der Waals surface area contributed by atoms with Gasteiger partial charge in [0.15, 0.2) is 6.29 Å². The zero-order valence-corrected chi connectivity index (χ0v) is 8.09. The van der Waals surface area contributed by atoms with Crippen molar-refractivity contribution in [3.05, 3.63) is 29.8 Å². The van der Waals surface area contributed by atoms with Gasteiger partial charge in [-0.2, -0.15) is 0 Å². The molecule has 0 radical (unpaired) electrons. The molecule has 0 spiro atoms. The summed E-state index contributed by atoms with van der Waals surface area (Å²) in [6.45, 7) is -0.0269. The van der Waals surface area contributed by atoms with E-state index in [4.69, 9.17) is 20.7 Å². The van der Waals surface area contributed by atoms with E-state index in [1.807, 2.05) is 0 Å². The zero-order chi connectivity index (χ0) is 11.3. The van der Waals surface area contributed by atoms with Gasteiger partial charge in [-0.1, -0.05) is 0 Å². The van der Waals surface area contributed by atoms with Crippen LogP contribution in [-0.4, -0.2) is 29.1 Å². The first kappa shape index (κ1) is 11.5. The lowest BCUT2D eigenvalue weighted by Crippen LogP contribution is -2.12. The van der Waals surface area contributed by atoms with Gasteiger partial charge in [0.05, 0.1) is 12.2 Å². The molecule has 0 saturated heterocycles. The molecule has 1 rings (SSSR count). The summed E-state index contributed by atoms with van der Waals surface area (Å²) in [5.74, 6) is -0.504. The molecule has 0 aliphatic carbocycles. The van der Waals surface area contributed by atoms with Gasteiger partial charge in [-0.25, -0.2) is 4.79 Å². The molecule has 0 amide bonds. The number of aliphatic hydroxyl groups is 2. The topological polar surface area (TPSA) is 92.8 Å². The van der Waals surface area contributed by atoms with E-state index in [2.05, 4.69) is 0 Å². The third-order valence-electron chi connectivity index (χ3n) is 1.76. The summed E-state index contributed by atoms with van der Waals surface area (Å²) >= 11 is 0. The molecular formula is C10H13NO4. The Hall–Kier alpha value is -1.59. The van der Waals surface area contributed by atoms with Crippen molar-refractivity contribution in [3.8, 4) is 0 Å². The van der Waals surface area contributed by atoms with Gasteiger partial charge in [0, 0.05) is 12.1 Å². The number of nitrogens with two attached hydrogens (primary N) is 1. The minimum Gasteiger partial charge on any atom is -0.462 e. The van der Waals surface area contributed by atoms with Crippen LogP contribution in [0.15, 0.2) is 24.3 Å². The van der Waals surface area contributed by atoms with Crippen LogP contribution in [0, 0.1) is 0 Å². The first-order valence-electron chi connectivity index (χ1n) is 4.48. The Labute approximate surface area is 87.1 Å².